The number of phenols is 1. The van der Waals surface area contributed by atoms with E-state index >= 15 is 0 Å². The normalized spacial score (nSPS) is 17.1. The Kier molecular flexibility index (Phi) is 5.89. The predicted octanol–water partition coefficient (Wildman–Crippen LogP) is 3.92. The molecule has 2 aromatic rings. The minimum Gasteiger partial charge on any atom is -0.508 e. The van der Waals surface area contributed by atoms with Gasteiger partial charge in [0.05, 0.1) is 11.3 Å². The molecule has 3 rings (SSSR count). The zero-order valence-corrected chi connectivity index (χ0v) is 15.9. The van der Waals surface area contributed by atoms with Crippen molar-refractivity contribution >= 4 is 11.7 Å². The van der Waals surface area contributed by atoms with Crippen LogP contribution < -0.4 is 0 Å². The summed E-state index contributed by atoms with van der Waals surface area (Å²) in [5.41, 5.74) is 2.16. The highest BCUT2D eigenvalue weighted by Gasteiger charge is 2.29. The van der Waals surface area contributed by atoms with Crippen molar-refractivity contribution in [2.24, 2.45) is 11.8 Å². The molecule has 1 amide bonds. The maximum absolute atomic E-state index is 12.8. The highest BCUT2D eigenvalue weighted by molar-refractivity contribution is 5.94. The summed E-state index contributed by atoms with van der Waals surface area (Å²) in [6.07, 6.45) is 3.90. The molecular formula is C22H26N2O3. The van der Waals surface area contributed by atoms with Gasteiger partial charge in [0.15, 0.2) is 0 Å². The van der Waals surface area contributed by atoms with Crippen molar-refractivity contribution < 1.29 is 14.7 Å². The Morgan fingerprint density at radius 3 is 2.56 bits per heavy atom. The van der Waals surface area contributed by atoms with Crippen LogP contribution in [0.4, 0.5) is 0 Å². The molecular weight excluding hydrogens is 340 g/mol. The van der Waals surface area contributed by atoms with Crippen molar-refractivity contribution in [3.8, 4) is 17.0 Å². The molecule has 1 aromatic heterocycles. The van der Waals surface area contributed by atoms with Crippen LogP contribution in [0.1, 0.15) is 43.5 Å². The summed E-state index contributed by atoms with van der Waals surface area (Å²) >= 11 is 0. The van der Waals surface area contributed by atoms with Gasteiger partial charge in [-0.15, -0.1) is 0 Å². The highest BCUT2D eigenvalue weighted by atomic mass is 16.3. The topological polar surface area (TPSA) is 70.5 Å². The van der Waals surface area contributed by atoms with E-state index in [2.05, 4.69) is 4.98 Å². The van der Waals surface area contributed by atoms with E-state index in [1.54, 1.807) is 41.4 Å². The quantitative estimate of drug-likeness (QED) is 0.871. The Bertz CT molecular complexity index is 797. The number of benzene rings is 1. The Morgan fingerprint density at radius 1 is 1.19 bits per heavy atom. The minimum absolute atomic E-state index is 0.0469. The smallest absolute Gasteiger partial charge is 0.255 e. The van der Waals surface area contributed by atoms with Gasteiger partial charge >= 0.3 is 0 Å². The molecule has 0 unspecified atom stereocenters. The van der Waals surface area contributed by atoms with Crippen LogP contribution in [-0.2, 0) is 4.79 Å². The van der Waals surface area contributed by atoms with Crippen LogP contribution >= 0.6 is 0 Å². The molecule has 0 aliphatic carbocycles. The van der Waals surface area contributed by atoms with Crippen LogP contribution in [0.15, 0.2) is 42.6 Å². The number of ketones is 1. The minimum atomic E-state index is -0.0678. The summed E-state index contributed by atoms with van der Waals surface area (Å²) in [6.45, 7) is 5.28. The molecule has 0 spiro atoms. The first-order chi connectivity index (χ1) is 12.9. The van der Waals surface area contributed by atoms with Crippen LogP contribution in [0.25, 0.3) is 11.3 Å². The first-order valence-corrected chi connectivity index (χ1v) is 9.51. The van der Waals surface area contributed by atoms with Gasteiger partial charge in [-0.1, -0.05) is 13.8 Å². The van der Waals surface area contributed by atoms with Gasteiger partial charge in [0.2, 0.25) is 0 Å². The number of likely N-dealkylation sites (tertiary alicyclic amines) is 1. The molecule has 1 saturated heterocycles. The van der Waals surface area contributed by atoms with E-state index in [0.717, 1.165) is 24.1 Å². The second-order valence-electron chi connectivity index (χ2n) is 7.63. The van der Waals surface area contributed by atoms with Crippen LogP contribution in [0.5, 0.6) is 5.75 Å². The first-order valence-electron chi connectivity index (χ1n) is 9.51. The van der Waals surface area contributed by atoms with Gasteiger partial charge in [-0.2, -0.15) is 0 Å². The third-order valence-corrected chi connectivity index (χ3v) is 4.95. The first kappa shape index (κ1) is 19.1. The molecule has 1 aliphatic rings. The molecule has 1 fully saturated rings. The largest absolute Gasteiger partial charge is 0.508 e. The van der Waals surface area contributed by atoms with Gasteiger partial charge in [-0.25, -0.2) is 0 Å². The number of aromatic nitrogens is 1. The SMILES string of the molecule is CC(C)CC(=O)[C@@H]1CCCN(C(=O)c2ccc(-c3ccc(O)cc3)nc2)C1. The van der Waals surface area contributed by atoms with Crippen molar-refractivity contribution in [2.45, 2.75) is 33.1 Å². The monoisotopic (exact) mass is 366 g/mol. The number of carbonyl (C=O) groups excluding carboxylic acids is 2. The molecule has 1 atom stereocenters. The van der Waals surface area contributed by atoms with Crippen LogP contribution in [0, 0.1) is 11.8 Å². The molecule has 5 heteroatoms. The zero-order chi connectivity index (χ0) is 19.4. The number of hydrogen-bond acceptors (Lipinski definition) is 4. The fourth-order valence-electron chi connectivity index (χ4n) is 3.50. The van der Waals surface area contributed by atoms with E-state index in [0.29, 0.717) is 31.0 Å². The molecule has 2 heterocycles. The zero-order valence-electron chi connectivity index (χ0n) is 15.9. The summed E-state index contributed by atoms with van der Waals surface area (Å²) in [6, 6.07) is 10.4. The van der Waals surface area contributed by atoms with Crippen molar-refractivity contribution in [3.63, 3.8) is 0 Å². The van der Waals surface area contributed by atoms with E-state index in [9.17, 15) is 14.7 Å². The number of aromatic hydroxyl groups is 1. The van der Waals surface area contributed by atoms with Crippen molar-refractivity contribution in [3.05, 3.63) is 48.2 Å². The lowest BCUT2D eigenvalue weighted by Crippen LogP contribution is -2.42. The number of phenolic OH excluding ortho intramolecular Hbond substituents is 1. The predicted molar refractivity (Wildman–Crippen MR) is 104 cm³/mol. The number of nitrogens with zero attached hydrogens (tertiary/aromatic N) is 2. The van der Waals surface area contributed by atoms with Gasteiger partial charge in [0.1, 0.15) is 11.5 Å². The molecule has 0 saturated carbocycles. The fourth-order valence-corrected chi connectivity index (χ4v) is 3.50. The lowest BCUT2D eigenvalue weighted by atomic mass is 9.89. The van der Waals surface area contributed by atoms with E-state index in [4.69, 9.17) is 0 Å². The molecule has 1 aliphatic heterocycles. The average molecular weight is 366 g/mol. The maximum atomic E-state index is 12.8. The number of rotatable bonds is 5. The summed E-state index contributed by atoms with van der Waals surface area (Å²) in [4.78, 5) is 31.4. The van der Waals surface area contributed by atoms with Crippen molar-refractivity contribution in [1.29, 1.82) is 0 Å². The standard InChI is InChI=1S/C22H26N2O3/c1-15(2)12-21(26)18-4-3-11-24(14-18)22(27)17-7-10-20(23-13-17)16-5-8-19(25)9-6-16/h5-10,13,15,18,25H,3-4,11-12,14H2,1-2H3/t18-/m1/s1. The van der Waals surface area contributed by atoms with E-state index in [-0.39, 0.29) is 23.4 Å². The van der Waals surface area contributed by atoms with Gasteiger partial charge in [-0.3, -0.25) is 14.6 Å². The third kappa shape index (κ3) is 4.73. The van der Waals surface area contributed by atoms with Gasteiger partial charge < -0.3 is 10.0 Å². The number of amides is 1. The Morgan fingerprint density at radius 2 is 1.93 bits per heavy atom. The molecule has 27 heavy (non-hydrogen) atoms. The van der Waals surface area contributed by atoms with E-state index < -0.39 is 0 Å². The van der Waals surface area contributed by atoms with Crippen LogP contribution in [0.3, 0.4) is 0 Å². The fraction of sp³-hybridized carbons (Fsp3) is 0.409. The average Bonchev–Trinajstić information content (AvgIpc) is 2.68. The third-order valence-electron chi connectivity index (χ3n) is 4.95. The number of piperidine rings is 1. The van der Waals surface area contributed by atoms with E-state index in [1.165, 1.54) is 0 Å². The Labute approximate surface area is 160 Å². The lowest BCUT2D eigenvalue weighted by molar-refractivity contribution is -0.124. The molecule has 0 radical (unpaired) electrons. The number of pyridine rings is 1. The second kappa shape index (κ2) is 8.33. The highest BCUT2D eigenvalue weighted by Crippen LogP contribution is 2.23. The number of hydrogen-bond donors (Lipinski definition) is 1. The Hall–Kier alpha value is -2.69. The number of Topliss-reactive ketones (excluding diaryl/α,β-unsaturated/α-hetero) is 1. The maximum Gasteiger partial charge on any atom is 0.255 e. The molecule has 1 aromatic carbocycles. The van der Waals surface area contributed by atoms with Crippen LogP contribution in [0.2, 0.25) is 0 Å². The van der Waals surface area contributed by atoms with Gasteiger partial charge in [0.25, 0.3) is 5.91 Å². The molecule has 1 N–H and O–H groups in total. The molecule has 5 nitrogen and oxygen atoms in total. The van der Waals surface area contributed by atoms with Crippen molar-refractivity contribution in [1.82, 2.24) is 9.88 Å². The van der Waals surface area contributed by atoms with Gasteiger partial charge in [0, 0.05) is 37.2 Å². The second-order valence-corrected chi connectivity index (χ2v) is 7.63. The summed E-state index contributed by atoms with van der Waals surface area (Å²) in [7, 11) is 0. The van der Waals surface area contributed by atoms with Crippen molar-refractivity contribution in [2.75, 3.05) is 13.1 Å². The summed E-state index contributed by atoms with van der Waals surface area (Å²) in [5.74, 6) is 0.705. The number of carbonyl (C=O) groups is 2. The van der Waals surface area contributed by atoms with Gasteiger partial charge in [-0.05, 0) is 55.2 Å². The summed E-state index contributed by atoms with van der Waals surface area (Å²) < 4.78 is 0. The molecule has 0 bridgehead atoms. The lowest BCUT2D eigenvalue weighted by Gasteiger charge is -2.32. The summed E-state index contributed by atoms with van der Waals surface area (Å²) in [5, 5.41) is 9.38. The molecule has 142 valence electrons. The van der Waals surface area contributed by atoms with Crippen LogP contribution in [-0.4, -0.2) is 39.8 Å². The Balaban J connectivity index is 1.68. The van der Waals surface area contributed by atoms with E-state index in [1.807, 2.05) is 19.9 Å².